The fraction of sp³-hybridized carbons (Fsp3) is 0.519. The topological polar surface area (TPSA) is 17.1 Å². The normalized spacial score (nSPS) is 22.1. The van der Waals surface area contributed by atoms with Crippen molar-refractivity contribution in [3.05, 3.63) is 58.7 Å². The third-order valence-electron chi connectivity index (χ3n) is 7.57. The molecule has 3 aliphatic rings. The van der Waals surface area contributed by atoms with Crippen LogP contribution in [0.4, 0.5) is 0 Å². The molecule has 1 heteroatoms. The molecule has 1 atom stereocenters. The first-order chi connectivity index (χ1) is 13.8. The van der Waals surface area contributed by atoms with Gasteiger partial charge in [0, 0.05) is 12.3 Å². The number of hydrogen-bond acceptors (Lipinski definition) is 1. The summed E-state index contributed by atoms with van der Waals surface area (Å²) in [5.41, 5.74) is 8.62. The first-order valence-corrected chi connectivity index (χ1v) is 11.6. The summed E-state index contributed by atoms with van der Waals surface area (Å²) in [6.45, 7) is 0. The van der Waals surface area contributed by atoms with Crippen LogP contribution in [0.5, 0.6) is 0 Å². The van der Waals surface area contributed by atoms with E-state index in [1.54, 1.807) is 0 Å². The quantitative estimate of drug-likeness (QED) is 0.482. The summed E-state index contributed by atoms with van der Waals surface area (Å²) in [5.74, 6) is 1.54. The molecule has 146 valence electrons. The molecule has 2 aromatic rings. The molecule has 0 saturated heterocycles. The molecule has 0 bridgehead atoms. The van der Waals surface area contributed by atoms with Gasteiger partial charge in [-0.2, -0.15) is 0 Å². The van der Waals surface area contributed by atoms with Gasteiger partial charge in [0.1, 0.15) is 5.78 Å². The molecule has 3 aliphatic carbocycles. The minimum atomic E-state index is 0.152. The van der Waals surface area contributed by atoms with Gasteiger partial charge in [-0.25, -0.2) is 0 Å². The van der Waals surface area contributed by atoms with Crippen LogP contribution >= 0.6 is 0 Å². The summed E-state index contributed by atoms with van der Waals surface area (Å²) < 4.78 is 0. The van der Waals surface area contributed by atoms with E-state index in [2.05, 4.69) is 36.4 Å². The fourth-order valence-electron chi connectivity index (χ4n) is 6.06. The van der Waals surface area contributed by atoms with E-state index in [9.17, 15) is 4.79 Å². The first kappa shape index (κ1) is 18.2. The first-order valence-electron chi connectivity index (χ1n) is 11.6. The number of hydrogen-bond donors (Lipinski definition) is 0. The molecule has 0 N–H and O–H groups in total. The lowest BCUT2D eigenvalue weighted by Crippen LogP contribution is -2.20. The Morgan fingerprint density at radius 3 is 2.50 bits per heavy atom. The van der Waals surface area contributed by atoms with E-state index >= 15 is 0 Å². The Labute approximate surface area is 169 Å². The second kappa shape index (κ2) is 7.85. The van der Waals surface area contributed by atoms with E-state index < -0.39 is 0 Å². The molecule has 5 rings (SSSR count). The molecule has 0 radical (unpaired) electrons. The van der Waals surface area contributed by atoms with Gasteiger partial charge in [0.2, 0.25) is 0 Å². The van der Waals surface area contributed by atoms with Crippen molar-refractivity contribution in [2.75, 3.05) is 0 Å². The minimum absolute atomic E-state index is 0.152. The molecule has 0 aliphatic heterocycles. The third-order valence-corrected chi connectivity index (χ3v) is 7.57. The maximum Gasteiger partial charge on any atom is 0.140 e. The van der Waals surface area contributed by atoms with Crippen LogP contribution in [0.3, 0.4) is 0 Å². The van der Waals surface area contributed by atoms with Crippen LogP contribution in [0.15, 0.2) is 36.4 Å². The zero-order chi connectivity index (χ0) is 18.9. The summed E-state index contributed by atoms with van der Waals surface area (Å²) >= 11 is 0. The molecule has 0 aromatic heterocycles. The van der Waals surface area contributed by atoms with Crippen molar-refractivity contribution < 1.29 is 4.79 Å². The van der Waals surface area contributed by atoms with Gasteiger partial charge in [-0.3, -0.25) is 4.79 Å². The molecule has 1 unspecified atom stereocenters. The van der Waals surface area contributed by atoms with Crippen LogP contribution < -0.4 is 0 Å². The molecule has 2 saturated carbocycles. The lowest BCUT2D eigenvalue weighted by Gasteiger charge is -2.27. The van der Waals surface area contributed by atoms with Crippen molar-refractivity contribution in [1.29, 1.82) is 0 Å². The van der Waals surface area contributed by atoms with E-state index in [4.69, 9.17) is 0 Å². The number of Topliss-reactive ketones (excluding diaryl/α,β-unsaturated/α-hetero) is 1. The van der Waals surface area contributed by atoms with Crippen molar-refractivity contribution >= 4 is 5.78 Å². The number of carbonyl (C=O) groups excluding carboxylic acids is 1. The number of ketones is 1. The summed E-state index contributed by atoms with van der Waals surface area (Å²) in [5, 5.41) is 0. The Hall–Kier alpha value is -1.89. The molecular weight excluding hydrogens is 340 g/mol. The van der Waals surface area contributed by atoms with Gasteiger partial charge in [-0.15, -0.1) is 0 Å². The maximum absolute atomic E-state index is 12.9. The predicted octanol–water partition coefficient (Wildman–Crippen LogP) is 7.00. The average Bonchev–Trinajstić information content (AvgIpc) is 3.12. The molecule has 1 nitrogen and oxygen atoms in total. The summed E-state index contributed by atoms with van der Waals surface area (Å²) in [6, 6.07) is 13.6. The Morgan fingerprint density at radius 2 is 1.64 bits per heavy atom. The summed E-state index contributed by atoms with van der Waals surface area (Å²) in [4.78, 5) is 12.9. The highest BCUT2D eigenvalue weighted by atomic mass is 16.1. The van der Waals surface area contributed by atoms with Gasteiger partial charge in [0.15, 0.2) is 0 Å². The Kier molecular flexibility index (Phi) is 5.09. The maximum atomic E-state index is 12.9. The van der Waals surface area contributed by atoms with Gasteiger partial charge in [0.05, 0.1) is 0 Å². The molecule has 2 fully saturated rings. The highest BCUT2D eigenvalue weighted by Gasteiger charge is 2.32. The molecule has 0 spiro atoms. The lowest BCUT2D eigenvalue weighted by molar-refractivity contribution is -0.121. The fourth-order valence-corrected chi connectivity index (χ4v) is 6.06. The van der Waals surface area contributed by atoms with Crippen LogP contribution in [0.25, 0.3) is 11.1 Å². The highest BCUT2D eigenvalue weighted by Crippen LogP contribution is 2.44. The smallest absolute Gasteiger partial charge is 0.140 e. The summed E-state index contributed by atoms with van der Waals surface area (Å²) in [7, 11) is 0. The molecule has 0 heterocycles. The van der Waals surface area contributed by atoms with E-state index in [0.717, 1.165) is 38.0 Å². The monoisotopic (exact) mass is 372 g/mol. The minimum Gasteiger partial charge on any atom is -0.299 e. The van der Waals surface area contributed by atoms with Crippen LogP contribution in [-0.2, 0) is 17.6 Å². The highest BCUT2D eigenvalue weighted by molar-refractivity contribution is 5.89. The van der Waals surface area contributed by atoms with Crippen molar-refractivity contribution in [1.82, 2.24) is 0 Å². The second-order valence-corrected chi connectivity index (χ2v) is 9.31. The number of carbonyl (C=O) groups is 1. The van der Waals surface area contributed by atoms with Crippen molar-refractivity contribution in [2.45, 2.75) is 83.0 Å². The zero-order valence-corrected chi connectivity index (χ0v) is 17.0. The van der Waals surface area contributed by atoms with Crippen molar-refractivity contribution in [2.24, 2.45) is 5.92 Å². The SMILES string of the molecule is O=C1CCCCC1c1c(CCC2CCCCC2)ccc2c1Cc1ccccc1-2. The van der Waals surface area contributed by atoms with E-state index in [-0.39, 0.29) is 5.92 Å². The van der Waals surface area contributed by atoms with E-state index in [0.29, 0.717) is 5.78 Å². The predicted molar refractivity (Wildman–Crippen MR) is 116 cm³/mol. The number of aryl methyl sites for hydroxylation is 1. The van der Waals surface area contributed by atoms with Gasteiger partial charge >= 0.3 is 0 Å². The molecule has 0 amide bonds. The Balaban J connectivity index is 1.51. The summed E-state index contributed by atoms with van der Waals surface area (Å²) in [6.07, 6.45) is 14.7. The second-order valence-electron chi connectivity index (χ2n) is 9.31. The lowest BCUT2D eigenvalue weighted by atomic mass is 9.76. The van der Waals surface area contributed by atoms with Crippen molar-refractivity contribution in [3.8, 4) is 11.1 Å². The van der Waals surface area contributed by atoms with Gasteiger partial charge < -0.3 is 0 Å². The number of benzene rings is 2. The van der Waals surface area contributed by atoms with E-state index in [1.807, 2.05) is 0 Å². The Bertz CT molecular complexity index is 872. The van der Waals surface area contributed by atoms with Gasteiger partial charge in [0.25, 0.3) is 0 Å². The van der Waals surface area contributed by atoms with Crippen molar-refractivity contribution in [3.63, 3.8) is 0 Å². The number of fused-ring (bicyclic) bond motifs is 3. The van der Waals surface area contributed by atoms with E-state index in [1.165, 1.54) is 78.3 Å². The molecule has 2 aromatic carbocycles. The average molecular weight is 373 g/mol. The third kappa shape index (κ3) is 3.34. The van der Waals surface area contributed by atoms with Crippen LogP contribution in [0.1, 0.15) is 92.4 Å². The zero-order valence-electron chi connectivity index (χ0n) is 17.0. The Morgan fingerprint density at radius 1 is 0.821 bits per heavy atom. The largest absolute Gasteiger partial charge is 0.299 e. The van der Waals surface area contributed by atoms with Crippen LogP contribution in [0, 0.1) is 5.92 Å². The van der Waals surface area contributed by atoms with Crippen LogP contribution in [0.2, 0.25) is 0 Å². The molecular formula is C27H32O. The number of rotatable bonds is 4. The van der Waals surface area contributed by atoms with Gasteiger partial charge in [-0.05, 0) is 71.4 Å². The van der Waals surface area contributed by atoms with Gasteiger partial charge in [-0.1, -0.05) is 74.9 Å². The molecule has 28 heavy (non-hydrogen) atoms. The standard InChI is InChI=1S/C27H32O/c28-26-13-7-6-12-24(26)27-20(15-14-19-8-2-1-3-9-19)16-17-23-22-11-5-4-10-21(22)18-25(23)27/h4-5,10-11,16-17,19,24H,1-3,6-9,12-15,18H2. The van der Waals surface area contributed by atoms with Crippen LogP contribution in [-0.4, -0.2) is 5.78 Å².